The average molecular weight is 209 g/mol. The van der Waals surface area contributed by atoms with Crippen molar-refractivity contribution in [1.29, 1.82) is 0 Å². The van der Waals surface area contributed by atoms with Crippen molar-refractivity contribution in [3.63, 3.8) is 0 Å². The summed E-state index contributed by atoms with van der Waals surface area (Å²) in [5.74, 6) is 1.65. The topological polar surface area (TPSA) is 80.5 Å². The van der Waals surface area contributed by atoms with Crippen molar-refractivity contribution in [2.75, 3.05) is 0 Å². The second-order valence-corrected chi connectivity index (χ2v) is 4.54. The van der Waals surface area contributed by atoms with E-state index in [0.717, 1.165) is 18.7 Å². The summed E-state index contributed by atoms with van der Waals surface area (Å²) >= 11 is 0. The van der Waals surface area contributed by atoms with Crippen molar-refractivity contribution >= 4 is 0 Å². The SMILES string of the molecule is CC1C(N)CCCCCC1c1nn[nH]n1. The Morgan fingerprint density at radius 1 is 1.27 bits per heavy atom. The van der Waals surface area contributed by atoms with Crippen molar-refractivity contribution in [2.24, 2.45) is 11.7 Å². The van der Waals surface area contributed by atoms with Crippen LogP contribution < -0.4 is 5.73 Å². The van der Waals surface area contributed by atoms with Gasteiger partial charge in [0.05, 0.1) is 0 Å². The van der Waals surface area contributed by atoms with E-state index in [9.17, 15) is 0 Å². The fraction of sp³-hybridized carbons (Fsp3) is 0.900. The highest BCUT2D eigenvalue weighted by atomic mass is 15.5. The van der Waals surface area contributed by atoms with Crippen molar-refractivity contribution < 1.29 is 0 Å². The molecule has 0 spiro atoms. The molecule has 3 unspecified atom stereocenters. The maximum atomic E-state index is 6.16. The maximum absolute atomic E-state index is 6.16. The van der Waals surface area contributed by atoms with Crippen LogP contribution in [0.3, 0.4) is 0 Å². The zero-order valence-corrected chi connectivity index (χ0v) is 9.19. The van der Waals surface area contributed by atoms with Gasteiger partial charge in [-0.05, 0) is 18.8 Å². The molecular weight excluding hydrogens is 190 g/mol. The number of tetrazole rings is 1. The van der Waals surface area contributed by atoms with Crippen molar-refractivity contribution in [3.05, 3.63) is 5.82 Å². The molecule has 5 nitrogen and oxygen atoms in total. The van der Waals surface area contributed by atoms with Gasteiger partial charge in [0.25, 0.3) is 0 Å². The molecule has 3 atom stereocenters. The van der Waals surface area contributed by atoms with E-state index in [-0.39, 0.29) is 6.04 Å². The Morgan fingerprint density at radius 3 is 2.80 bits per heavy atom. The van der Waals surface area contributed by atoms with Gasteiger partial charge in [0.15, 0.2) is 5.82 Å². The van der Waals surface area contributed by atoms with Crippen LogP contribution in [0.1, 0.15) is 50.8 Å². The summed E-state index contributed by atoms with van der Waals surface area (Å²) < 4.78 is 0. The molecule has 84 valence electrons. The van der Waals surface area contributed by atoms with Crippen molar-refractivity contribution in [2.45, 2.75) is 51.0 Å². The molecule has 0 aromatic carbocycles. The van der Waals surface area contributed by atoms with Gasteiger partial charge in [-0.3, -0.25) is 0 Å². The highest BCUT2D eigenvalue weighted by molar-refractivity contribution is 4.97. The third-order valence-electron chi connectivity index (χ3n) is 3.56. The average Bonchev–Trinajstić information content (AvgIpc) is 2.73. The van der Waals surface area contributed by atoms with Gasteiger partial charge in [-0.25, -0.2) is 0 Å². The Kier molecular flexibility index (Phi) is 3.30. The molecule has 1 aliphatic rings. The fourth-order valence-electron chi connectivity index (χ4n) is 2.44. The molecule has 1 saturated carbocycles. The molecule has 2 rings (SSSR count). The van der Waals surface area contributed by atoms with E-state index < -0.39 is 0 Å². The van der Waals surface area contributed by atoms with Gasteiger partial charge in [0.2, 0.25) is 0 Å². The first kappa shape index (κ1) is 10.5. The number of nitrogens with one attached hydrogen (secondary N) is 1. The summed E-state index contributed by atoms with van der Waals surface area (Å²) in [6.45, 7) is 2.21. The molecule has 0 aliphatic heterocycles. The molecule has 0 radical (unpaired) electrons. The molecule has 0 amide bonds. The molecule has 1 aromatic rings. The second kappa shape index (κ2) is 4.70. The Labute approximate surface area is 89.8 Å². The quantitative estimate of drug-likeness (QED) is 0.728. The predicted octanol–water partition coefficient (Wildman–Crippen LogP) is 1.21. The zero-order valence-electron chi connectivity index (χ0n) is 9.19. The Bertz CT molecular complexity index is 284. The Hall–Kier alpha value is -0.970. The van der Waals surface area contributed by atoms with E-state index in [1.165, 1.54) is 19.3 Å². The smallest absolute Gasteiger partial charge is 0.177 e. The highest BCUT2D eigenvalue weighted by Crippen LogP contribution is 2.32. The lowest BCUT2D eigenvalue weighted by Gasteiger charge is -2.29. The van der Waals surface area contributed by atoms with Gasteiger partial charge < -0.3 is 5.73 Å². The largest absolute Gasteiger partial charge is 0.327 e. The lowest BCUT2D eigenvalue weighted by molar-refractivity contribution is 0.302. The molecule has 15 heavy (non-hydrogen) atoms. The lowest BCUT2D eigenvalue weighted by atomic mass is 9.79. The van der Waals surface area contributed by atoms with Crippen LogP contribution >= 0.6 is 0 Å². The first-order chi connectivity index (χ1) is 7.29. The summed E-state index contributed by atoms with van der Waals surface area (Å²) in [6, 6.07) is 0.272. The van der Waals surface area contributed by atoms with E-state index in [1.54, 1.807) is 0 Å². The standard InChI is InChI=1S/C10H19N5/c1-7-8(10-12-14-15-13-10)5-3-2-4-6-9(7)11/h7-9H,2-6,11H2,1H3,(H,12,13,14,15). The predicted molar refractivity (Wildman–Crippen MR) is 57.1 cm³/mol. The molecule has 1 fully saturated rings. The van der Waals surface area contributed by atoms with Gasteiger partial charge in [-0.2, -0.15) is 5.21 Å². The monoisotopic (exact) mass is 209 g/mol. The van der Waals surface area contributed by atoms with Crippen LogP contribution in [0.4, 0.5) is 0 Å². The summed E-state index contributed by atoms with van der Waals surface area (Å²) in [4.78, 5) is 0. The Morgan fingerprint density at radius 2 is 2.07 bits per heavy atom. The molecular formula is C10H19N5. The number of hydrogen-bond acceptors (Lipinski definition) is 4. The number of nitrogens with zero attached hydrogens (tertiary/aromatic N) is 3. The van der Waals surface area contributed by atoms with Gasteiger partial charge in [-0.1, -0.05) is 31.4 Å². The molecule has 5 heteroatoms. The number of aromatic nitrogens is 4. The number of H-pyrrole nitrogens is 1. The zero-order chi connectivity index (χ0) is 10.7. The van der Waals surface area contributed by atoms with Gasteiger partial charge in [-0.15, -0.1) is 10.2 Å². The number of rotatable bonds is 1. The molecule has 1 heterocycles. The minimum absolute atomic E-state index is 0.272. The van der Waals surface area contributed by atoms with Crippen LogP contribution in [0.5, 0.6) is 0 Å². The fourth-order valence-corrected chi connectivity index (χ4v) is 2.44. The van der Waals surface area contributed by atoms with E-state index >= 15 is 0 Å². The summed E-state index contributed by atoms with van der Waals surface area (Å²) in [6.07, 6.45) is 6.03. The van der Waals surface area contributed by atoms with Gasteiger partial charge >= 0.3 is 0 Å². The summed E-state index contributed by atoms with van der Waals surface area (Å²) in [5.41, 5.74) is 6.16. The Balaban J connectivity index is 2.12. The number of nitrogens with two attached hydrogens (primary N) is 1. The molecule has 0 saturated heterocycles. The van der Waals surface area contributed by atoms with Gasteiger partial charge in [0, 0.05) is 12.0 Å². The molecule has 3 N–H and O–H groups in total. The van der Waals surface area contributed by atoms with Crippen LogP contribution in [0, 0.1) is 5.92 Å². The maximum Gasteiger partial charge on any atom is 0.177 e. The minimum Gasteiger partial charge on any atom is -0.327 e. The van der Waals surface area contributed by atoms with E-state index in [2.05, 4.69) is 27.5 Å². The summed E-state index contributed by atoms with van der Waals surface area (Å²) in [5, 5.41) is 14.3. The van der Waals surface area contributed by atoms with Gasteiger partial charge in [0.1, 0.15) is 0 Å². The van der Waals surface area contributed by atoms with Crippen LogP contribution in [-0.2, 0) is 0 Å². The van der Waals surface area contributed by atoms with E-state index in [4.69, 9.17) is 5.73 Å². The van der Waals surface area contributed by atoms with Crippen molar-refractivity contribution in [1.82, 2.24) is 20.6 Å². The second-order valence-electron chi connectivity index (χ2n) is 4.54. The highest BCUT2D eigenvalue weighted by Gasteiger charge is 2.28. The van der Waals surface area contributed by atoms with Crippen LogP contribution in [0.15, 0.2) is 0 Å². The van der Waals surface area contributed by atoms with E-state index in [1.807, 2.05) is 0 Å². The minimum atomic E-state index is 0.272. The van der Waals surface area contributed by atoms with E-state index in [0.29, 0.717) is 11.8 Å². The third-order valence-corrected chi connectivity index (χ3v) is 3.56. The number of hydrogen-bond donors (Lipinski definition) is 2. The number of aromatic amines is 1. The molecule has 1 aromatic heterocycles. The molecule has 0 bridgehead atoms. The first-order valence-corrected chi connectivity index (χ1v) is 5.78. The molecule has 1 aliphatic carbocycles. The van der Waals surface area contributed by atoms with Crippen LogP contribution in [0.2, 0.25) is 0 Å². The third kappa shape index (κ3) is 2.34. The first-order valence-electron chi connectivity index (χ1n) is 5.78. The lowest BCUT2D eigenvalue weighted by Crippen LogP contribution is -2.33. The van der Waals surface area contributed by atoms with Crippen LogP contribution in [-0.4, -0.2) is 26.7 Å². The normalized spacial score (nSPS) is 33.3. The summed E-state index contributed by atoms with van der Waals surface area (Å²) in [7, 11) is 0. The van der Waals surface area contributed by atoms with Crippen LogP contribution in [0.25, 0.3) is 0 Å². The van der Waals surface area contributed by atoms with Crippen molar-refractivity contribution in [3.8, 4) is 0 Å².